The number of carbonyl (C=O) groups excluding carboxylic acids is 1. The maximum Gasteiger partial charge on any atom is 0.277 e. The number of hydrogen-bond donors (Lipinski definition) is 1. The van der Waals surface area contributed by atoms with Crippen molar-refractivity contribution in [3.8, 4) is 17.2 Å². The maximum absolute atomic E-state index is 13.8. The van der Waals surface area contributed by atoms with Crippen LogP contribution < -0.4 is 10.1 Å². The van der Waals surface area contributed by atoms with Crippen LogP contribution in [-0.4, -0.2) is 28.5 Å². The molecule has 8 heteroatoms. The summed E-state index contributed by atoms with van der Waals surface area (Å²) in [5, 5.41) is 10.3. The molecule has 1 heterocycles. The first-order valence-electron chi connectivity index (χ1n) is 8.23. The van der Waals surface area contributed by atoms with Crippen LogP contribution in [0.1, 0.15) is 12.5 Å². The molecule has 0 aliphatic carbocycles. The Morgan fingerprint density at radius 2 is 1.96 bits per heavy atom. The van der Waals surface area contributed by atoms with E-state index in [2.05, 4.69) is 15.5 Å². The minimum Gasteiger partial charge on any atom is -0.496 e. The Bertz CT molecular complexity index is 932. The van der Waals surface area contributed by atoms with Crippen LogP contribution in [0.4, 0.5) is 4.39 Å². The molecule has 27 heavy (non-hydrogen) atoms. The Balaban J connectivity index is 1.59. The van der Waals surface area contributed by atoms with Crippen LogP contribution >= 0.6 is 11.8 Å². The molecule has 0 spiro atoms. The quantitative estimate of drug-likeness (QED) is 0.623. The van der Waals surface area contributed by atoms with Crippen molar-refractivity contribution in [3.05, 3.63) is 59.9 Å². The van der Waals surface area contributed by atoms with Gasteiger partial charge in [-0.1, -0.05) is 42.1 Å². The summed E-state index contributed by atoms with van der Waals surface area (Å²) in [6.45, 7) is 2.08. The van der Waals surface area contributed by atoms with Gasteiger partial charge in [0.15, 0.2) is 0 Å². The number of rotatable bonds is 7. The fourth-order valence-corrected chi connectivity index (χ4v) is 3.09. The van der Waals surface area contributed by atoms with Gasteiger partial charge >= 0.3 is 0 Å². The molecule has 140 valence electrons. The molecule has 0 fully saturated rings. The Labute approximate surface area is 160 Å². The summed E-state index contributed by atoms with van der Waals surface area (Å²) >= 11 is 1.11. The van der Waals surface area contributed by atoms with E-state index in [1.165, 1.54) is 6.07 Å². The molecule has 0 saturated carbocycles. The minimum atomic E-state index is -0.464. The van der Waals surface area contributed by atoms with Crippen LogP contribution in [0.3, 0.4) is 0 Å². The van der Waals surface area contributed by atoms with E-state index in [-0.39, 0.29) is 22.6 Å². The minimum absolute atomic E-state index is 0.0808. The second-order valence-electron chi connectivity index (χ2n) is 5.64. The molecule has 0 unspecified atom stereocenters. The summed E-state index contributed by atoms with van der Waals surface area (Å²) in [6, 6.07) is 13.6. The highest BCUT2D eigenvalue weighted by Gasteiger charge is 2.19. The van der Waals surface area contributed by atoms with E-state index in [0.29, 0.717) is 12.3 Å². The molecule has 3 rings (SSSR count). The van der Waals surface area contributed by atoms with E-state index >= 15 is 0 Å². The summed E-state index contributed by atoms with van der Waals surface area (Å²) < 4.78 is 24.5. The molecular weight excluding hydrogens is 369 g/mol. The number of ether oxygens (including phenoxy) is 1. The molecule has 0 aliphatic rings. The summed E-state index contributed by atoms with van der Waals surface area (Å²) in [7, 11) is 1.59. The first-order valence-corrected chi connectivity index (χ1v) is 9.11. The number of halogens is 1. The van der Waals surface area contributed by atoms with Crippen molar-refractivity contribution < 1.29 is 18.3 Å². The molecular formula is C19H18FN3O3S. The zero-order valence-corrected chi connectivity index (χ0v) is 15.6. The highest BCUT2D eigenvalue weighted by Crippen LogP contribution is 2.27. The standard InChI is InChI=1S/C19H18FN3O3S/c1-12(17(24)21-11-13-7-3-6-10-16(13)25-2)27-19-23-22-18(26-19)14-8-4-5-9-15(14)20/h3-10,12H,11H2,1-2H3,(H,21,24)/t12-/m0/s1. The van der Waals surface area contributed by atoms with E-state index in [0.717, 1.165) is 17.3 Å². The fourth-order valence-electron chi connectivity index (χ4n) is 2.38. The lowest BCUT2D eigenvalue weighted by Gasteiger charge is -2.12. The molecule has 6 nitrogen and oxygen atoms in total. The third-order valence-corrected chi connectivity index (χ3v) is 4.74. The summed E-state index contributed by atoms with van der Waals surface area (Å²) in [4.78, 5) is 12.3. The maximum atomic E-state index is 13.8. The zero-order chi connectivity index (χ0) is 19.2. The van der Waals surface area contributed by atoms with Gasteiger partial charge < -0.3 is 14.5 Å². The molecule has 1 atom stereocenters. The zero-order valence-electron chi connectivity index (χ0n) is 14.8. The normalized spacial score (nSPS) is 11.8. The monoisotopic (exact) mass is 387 g/mol. The van der Waals surface area contributed by atoms with Crippen LogP contribution in [0.25, 0.3) is 11.5 Å². The van der Waals surface area contributed by atoms with Gasteiger partial charge in [0.1, 0.15) is 11.6 Å². The number of nitrogens with one attached hydrogen (secondary N) is 1. The van der Waals surface area contributed by atoms with Crippen molar-refractivity contribution in [2.45, 2.75) is 23.9 Å². The predicted molar refractivity (Wildman–Crippen MR) is 99.9 cm³/mol. The topological polar surface area (TPSA) is 77.2 Å². The number of carbonyl (C=O) groups is 1. The molecule has 3 aromatic rings. The third kappa shape index (κ3) is 4.65. The SMILES string of the molecule is COc1ccccc1CNC(=O)[C@H](C)Sc1nnc(-c2ccccc2F)o1. The van der Waals surface area contributed by atoms with Gasteiger partial charge in [0.25, 0.3) is 11.1 Å². The van der Waals surface area contributed by atoms with Crippen LogP contribution in [0.2, 0.25) is 0 Å². The van der Waals surface area contributed by atoms with Crippen molar-refractivity contribution in [2.24, 2.45) is 0 Å². The molecule has 1 amide bonds. The highest BCUT2D eigenvalue weighted by molar-refractivity contribution is 8.00. The Morgan fingerprint density at radius 3 is 2.74 bits per heavy atom. The van der Waals surface area contributed by atoms with Gasteiger partial charge in [0.05, 0.1) is 17.9 Å². The molecule has 0 aliphatic heterocycles. The van der Waals surface area contributed by atoms with Crippen molar-refractivity contribution in [2.75, 3.05) is 7.11 Å². The second kappa shape index (κ2) is 8.68. The molecule has 1 N–H and O–H groups in total. The average Bonchev–Trinajstić information content (AvgIpc) is 3.14. The van der Waals surface area contributed by atoms with Gasteiger partial charge in [-0.25, -0.2) is 4.39 Å². The molecule has 0 saturated heterocycles. The lowest BCUT2D eigenvalue weighted by atomic mass is 10.2. The molecule has 2 aromatic carbocycles. The molecule has 1 aromatic heterocycles. The summed E-state index contributed by atoms with van der Waals surface area (Å²) in [6.07, 6.45) is 0. The number of nitrogens with zero attached hydrogens (tertiary/aromatic N) is 2. The summed E-state index contributed by atoms with van der Waals surface area (Å²) in [5.41, 5.74) is 1.11. The number of para-hydroxylation sites is 1. The smallest absolute Gasteiger partial charge is 0.277 e. The van der Waals surface area contributed by atoms with E-state index in [9.17, 15) is 9.18 Å². The average molecular weight is 387 g/mol. The van der Waals surface area contributed by atoms with Gasteiger partial charge in [-0.05, 0) is 25.1 Å². The van der Waals surface area contributed by atoms with Crippen molar-refractivity contribution in [1.82, 2.24) is 15.5 Å². The first kappa shape index (κ1) is 18.9. The number of thioether (sulfide) groups is 1. The Hall–Kier alpha value is -2.87. The number of amides is 1. The lowest BCUT2D eigenvalue weighted by Crippen LogP contribution is -2.30. The Kier molecular flexibility index (Phi) is 6.08. The summed E-state index contributed by atoms with van der Waals surface area (Å²) in [5.74, 6) is 0.165. The first-order chi connectivity index (χ1) is 13.1. The van der Waals surface area contributed by atoms with E-state index in [1.807, 2.05) is 24.3 Å². The number of aromatic nitrogens is 2. The number of methoxy groups -OCH3 is 1. The van der Waals surface area contributed by atoms with Gasteiger partial charge in [0.2, 0.25) is 5.91 Å². The predicted octanol–water partition coefficient (Wildman–Crippen LogP) is 3.68. The van der Waals surface area contributed by atoms with Crippen molar-refractivity contribution in [1.29, 1.82) is 0 Å². The number of hydrogen-bond acceptors (Lipinski definition) is 6. The van der Waals surface area contributed by atoms with E-state index < -0.39 is 11.1 Å². The third-order valence-electron chi connectivity index (χ3n) is 3.80. The van der Waals surface area contributed by atoms with Gasteiger partial charge in [-0.15, -0.1) is 10.2 Å². The Morgan fingerprint density at radius 1 is 1.22 bits per heavy atom. The second-order valence-corrected chi connectivity index (χ2v) is 6.93. The lowest BCUT2D eigenvalue weighted by molar-refractivity contribution is -0.120. The van der Waals surface area contributed by atoms with Crippen molar-refractivity contribution in [3.63, 3.8) is 0 Å². The highest BCUT2D eigenvalue weighted by atomic mass is 32.2. The van der Waals surface area contributed by atoms with Gasteiger partial charge in [-0.2, -0.15) is 0 Å². The van der Waals surface area contributed by atoms with Crippen LogP contribution in [-0.2, 0) is 11.3 Å². The largest absolute Gasteiger partial charge is 0.496 e. The van der Waals surface area contributed by atoms with Gasteiger partial charge in [0, 0.05) is 12.1 Å². The van der Waals surface area contributed by atoms with E-state index in [1.54, 1.807) is 32.2 Å². The van der Waals surface area contributed by atoms with Crippen LogP contribution in [0.5, 0.6) is 5.75 Å². The van der Waals surface area contributed by atoms with E-state index in [4.69, 9.17) is 9.15 Å². The van der Waals surface area contributed by atoms with Crippen molar-refractivity contribution >= 4 is 17.7 Å². The molecule has 0 radical (unpaired) electrons. The van der Waals surface area contributed by atoms with Gasteiger partial charge in [-0.3, -0.25) is 4.79 Å². The number of benzene rings is 2. The molecule has 0 bridgehead atoms. The fraction of sp³-hybridized carbons (Fsp3) is 0.211. The van der Waals surface area contributed by atoms with Crippen LogP contribution in [0, 0.1) is 5.82 Å². The van der Waals surface area contributed by atoms with Crippen LogP contribution in [0.15, 0.2) is 58.2 Å².